The van der Waals surface area contributed by atoms with Crippen molar-refractivity contribution in [3.8, 4) is 0 Å². The van der Waals surface area contributed by atoms with Crippen molar-refractivity contribution in [2.45, 2.75) is 11.7 Å². The summed E-state index contributed by atoms with van der Waals surface area (Å²) in [6.07, 6.45) is 3.38. The summed E-state index contributed by atoms with van der Waals surface area (Å²) in [7, 11) is 0. The molecule has 0 atom stereocenters. The lowest BCUT2D eigenvalue weighted by Crippen LogP contribution is -2.23. The molecule has 0 amide bonds. The Morgan fingerprint density at radius 2 is 2.38 bits per heavy atom. The van der Waals surface area contributed by atoms with Crippen molar-refractivity contribution >= 4 is 39.0 Å². The zero-order valence-electron chi connectivity index (χ0n) is 8.38. The lowest BCUT2D eigenvalue weighted by Gasteiger charge is -2.02. The van der Waals surface area contributed by atoms with Crippen LogP contribution in [0.4, 0.5) is 0 Å². The topological polar surface area (TPSA) is 47.8 Å². The van der Waals surface area contributed by atoms with E-state index in [1.807, 2.05) is 18.4 Å². The van der Waals surface area contributed by atoms with Gasteiger partial charge in [-0.25, -0.2) is 9.78 Å². The van der Waals surface area contributed by atoms with E-state index in [1.54, 1.807) is 11.3 Å². The van der Waals surface area contributed by atoms with Gasteiger partial charge in [-0.1, -0.05) is 11.8 Å². The van der Waals surface area contributed by atoms with Gasteiger partial charge in [-0.2, -0.15) is 4.98 Å². The van der Waals surface area contributed by atoms with Crippen LogP contribution in [0.1, 0.15) is 4.88 Å². The zero-order chi connectivity index (χ0) is 11.5. The van der Waals surface area contributed by atoms with Crippen LogP contribution in [0, 0.1) is 0 Å². The first-order valence-electron chi connectivity index (χ1n) is 4.41. The van der Waals surface area contributed by atoms with Gasteiger partial charge in [0.15, 0.2) is 5.16 Å². The van der Waals surface area contributed by atoms with Crippen LogP contribution < -0.4 is 5.69 Å². The molecular formula is C9H8BrN3OS2. The van der Waals surface area contributed by atoms with E-state index >= 15 is 0 Å². The maximum absolute atomic E-state index is 11.6. The molecule has 4 nitrogen and oxygen atoms in total. The minimum Gasteiger partial charge on any atom is -0.277 e. The summed E-state index contributed by atoms with van der Waals surface area (Å²) >= 11 is 6.34. The molecule has 7 heteroatoms. The Morgan fingerprint density at radius 1 is 1.56 bits per heavy atom. The fraction of sp³-hybridized carbons (Fsp3) is 0.222. The molecular weight excluding hydrogens is 310 g/mol. The second-order valence-electron chi connectivity index (χ2n) is 2.96. The number of nitrogens with zero attached hydrogens (tertiary/aromatic N) is 3. The van der Waals surface area contributed by atoms with Crippen LogP contribution in [0.5, 0.6) is 0 Å². The van der Waals surface area contributed by atoms with Crippen LogP contribution in [-0.2, 0) is 6.54 Å². The molecule has 0 aliphatic heterocycles. The smallest absolute Gasteiger partial charge is 0.277 e. The highest BCUT2D eigenvalue weighted by Gasteiger charge is 2.03. The first kappa shape index (κ1) is 11.8. The van der Waals surface area contributed by atoms with Crippen molar-refractivity contribution in [1.29, 1.82) is 0 Å². The van der Waals surface area contributed by atoms with Gasteiger partial charge in [0.05, 0.1) is 10.3 Å². The van der Waals surface area contributed by atoms with Gasteiger partial charge in [-0.05, 0) is 34.3 Å². The quantitative estimate of drug-likeness (QED) is 0.814. The first-order chi connectivity index (χ1) is 7.69. The van der Waals surface area contributed by atoms with Crippen LogP contribution >= 0.6 is 39.0 Å². The molecule has 0 unspecified atom stereocenters. The Labute approximate surface area is 109 Å². The number of rotatable bonds is 3. The Kier molecular flexibility index (Phi) is 3.78. The number of aromatic nitrogens is 3. The zero-order valence-corrected chi connectivity index (χ0v) is 11.6. The summed E-state index contributed by atoms with van der Waals surface area (Å²) in [6, 6.07) is 3.94. The minimum absolute atomic E-state index is 0.260. The van der Waals surface area contributed by atoms with Gasteiger partial charge in [0.2, 0.25) is 0 Å². The molecule has 16 heavy (non-hydrogen) atoms. The Bertz CT molecular complexity index is 552. The number of thiophene rings is 1. The summed E-state index contributed by atoms with van der Waals surface area (Å²) in [6.45, 7) is 0.518. The normalized spacial score (nSPS) is 10.6. The third-order valence-corrected chi connectivity index (χ3v) is 4.05. The fourth-order valence-electron chi connectivity index (χ4n) is 1.15. The number of hydrogen-bond acceptors (Lipinski definition) is 5. The van der Waals surface area contributed by atoms with Crippen LogP contribution in [0.25, 0.3) is 0 Å². The SMILES string of the molecule is CSc1ncn(Cc2ccc(Br)s2)c(=O)n1. The molecule has 0 N–H and O–H groups in total. The second-order valence-corrected chi connectivity index (χ2v) is 6.28. The molecule has 84 valence electrons. The molecule has 2 aromatic heterocycles. The van der Waals surface area contributed by atoms with Crippen LogP contribution in [0.2, 0.25) is 0 Å². The molecule has 0 aliphatic carbocycles. The van der Waals surface area contributed by atoms with Gasteiger partial charge in [-0.3, -0.25) is 4.57 Å². The van der Waals surface area contributed by atoms with E-state index in [4.69, 9.17) is 0 Å². The standard InChI is InChI=1S/C9H8BrN3OS2/c1-15-8-11-5-13(9(14)12-8)4-6-2-3-7(10)16-6/h2-3,5H,4H2,1H3. The van der Waals surface area contributed by atoms with E-state index in [0.717, 1.165) is 8.66 Å². The van der Waals surface area contributed by atoms with E-state index in [1.165, 1.54) is 22.7 Å². The van der Waals surface area contributed by atoms with E-state index in [9.17, 15) is 4.79 Å². The van der Waals surface area contributed by atoms with Crippen molar-refractivity contribution < 1.29 is 0 Å². The maximum Gasteiger partial charge on any atom is 0.351 e. The summed E-state index contributed by atoms with van der Waals surface area (Å²) in [5.41, 5.74) is -0.260. The van der Waals surface area contributed by atoms with Crippen molar-refractivity contribution in [3.63, 3.8) is 0 Å². The summed E-state index contributed by atoms with van der Waals surface area (Å²) in [5.74, 6) is 0. The third kappa shape index (κ3) is 2.72. The van der Waals surface area contributed by atoms with Gasteiger partial charge >= 0.3 is 5.69 Å². The van der Waals surface area contributed by atoms with Crippen LogP contribution in [-0.4, -0.2) is 20.8 Å². The van der Waals surface area contributed by atoms with E-state index in [2.05, 4.69) is 25.9 Å². The highest BCUT2D eigenvalue weighted by atomic mass is 79.9. The third-order valence-electron chi connectivity index (χ3n) is 1.88. The summed E-state index contributed by atoms with van der Waals surface area (Å²) < 4.78 is 2.55. The molecule has 0 fully saturated rings. The van der Waals surface area contributed by atoms with Gasteiger partial charge in [0, 0.05) is 4.88 Å². The highest BCUT2D eigenvalue weighted by molar-refractivity contribution is 9.11. The molecule has 2 rings (SSSR count). The summed E-state index contributed by atoms with van der Waals surface area (Å²) in [4.78, 5) is 20.6. The van der Waals surface area contributed by atoms with Crippen LogP contribution in [0.15, 0.2) is 32.2 Å². The first-order valence-corrected chi connectivity index (χ1v) is 7.24. The molecule has 0 spiro atoms. The number of thioether (sulfide) groups is 1. The fourth-order valence-corrected chi connectivity index (χ4v) is 2.96. The lowest BCUT2D eigenvalue weighted by atomic mass is 10.5. The Morgan fingerprint density at radius 3 is 2.94 bits per heavy atom. The monoisotopic (exact) mass is 317 g/mol. The highest BCUT2D eigenvalue weighted by Crippen LogP contribution is 2.22. The van der Waals surface area contributed by atoms with Crippen LogP contribution in [0.3, 0.4) is 0 Å². The lowest BCUT2D eigenvalue weighted by molar-refractivity contribution is 0.672. The minimum atomic E-state index is -0.260. The maximum atomic E-state index is 11.6. The predicted molar refractivity (Wildman–Crippen MR) is 69.2 cm³/mol. The average Bonchev–Trinajstić information content (AvgIpc) is 2.67. The molecule has 0 aromatic carbocycles. The molecule has 0 saturated carbocycles. The number of hydrogen-bond donors (Lipinski definition) is 0. The van der Waals surface area contributed by atoms with Crippen molar-refractivity contribution in [2.24, 2.45) is 0 Å². The molecule has 2 heterocycles. The van der Waals surface area contributed by atoms with Gasteiger partial charge in [-0.15, -0.1) is 11.3 Å². The Hall–Kier alpha value is -0.660. The predicted octanol–water partition coefficient (Wildman–Crippen LogP) is 2.23. The van der Waals surface area contributed by atoms with E-state index in [-0.39, 0.29) is 5.69 Å². The van der Waals surface area contributed by atoms with E-state index < -0.39 is 0 Å². The van der Waals surface area contributed by atoms with Crippen molar-refractivity contribution in [2.75, 3.05) is 6.26 Å². The number of halogens is 1. The molecule has 2 aromatic rings. The van der Waals surface area contributed by atoms with Crippen molar-refractivity contribution in [3.05, 3.63) is 37.6 Å². The molecule has 0 aliphatic rings. The molecule has 0 saturated heterocycles. The van der Waals surface area contributed by atoms with Crippen molar-refractivity contribution in [1.82, 2.24) is 14.5 Å². The summed E-state index contributed by atoms with van der Waals surface area (Å²) in [5, 5.41) is 0.508. The molecule has 0 bridgehead atoms. The van der Waals surface area contributed by atoms with Gasteiger partial charge < -0.3 is 0 Å². The van der Waals surface area contributed by atoms with Gasteiger partial charge in [0.25, 0.3) is 0 Å². The Balaban J connectivity index is 2.25. The average molecular weight is 318 g/mol. The van der Waals surface area contributed by atoms with Gasteiger partial charge in [0.1, 0.15) is 6.33 Å². The molecule has 0 radical (unpaired) electrons. The largest absolute Gasteiger partial charge is 0.351 e. The second kappa shape index (κ2) is 5.11. The van der Waals surface area contributed by atoms with E-state index in [0.29, 0.717) is 11.7 Å².